The van der Waals surface area contributed by atoms with Crippen LogP contribution >= 0.6 is 23.4 Å². The van der Waals surface area contributed by atoms with E-state index >= 15 is 0 Å². The molecule has 10 heteroatoms. The van der Waals surface area contributed by atoms with Crippen molar-refractivity contribution in [3.05, 3.63) is 59.4 Å². The van der Waals surface area contributed by atoms with E-state index in [0.29, 0.717) is 33.1 Å². The van der Waals surface area contributed by atoms with Gasteiger partial charge >= 0.3 is 0 Å². The van der Waals surface area contributed by atoms with Crippen molar-refractivity contribution in [2.24, 2.45) is 7.05 Å². The smallest absolute Gasteiger partial charge is 0.234 e. The molecule has 0 fully saturated rings. The number of methoxy groups -OCH3 is 1. The summed E-state index contributed by atoms with van der Waals surface area (Å²) in [4.78, 5) is 24.5. The van der Waals surface area contributed by atoms with Gasteiger partial charge in [-0.1, -0.05) is 41.6 Å². The first kappa shape index (κ1) is 21.7. The number of rotatable bonds is 8. The van der Waals surface area contributed by atoms with Gasteiger partial charge in [0.15, 0.2) is 5.16 Å². The molecule has 1 aromatic heterocycles. The van der Waals surface area contributed by atoms with Crippen LogP contribution in [0.5, 0.6) is 5.75 Å². The molecular formula is C20H20ClN5O3S. The van der Waals surface area contributed by atoms with Crippen molar-refractivity contribution in [2.45, 2.75) is 11.6 Å². The van der Waals surface area contributed by atoms with Crippen molar-refractivity contribution in [1.82, 2.24) is 14.8 Å². The molecule has 3 aromatic rings. The summed E-state index contributed by atoms with van der Waals surface area (Å²) in [6.45, 7) is 0. The topological polar surface area (TPSA) is 98.1 Å². The van der Waals surface area contributed by atoms with E-state index in [1.165, 1.54) is 11.8 Å². The Balaban J connectivity index is 1.55. The number of thioether (sulfide) groups is 1. The van der Waals surface area contributed by atoms with Crippen LogP contribution in [0, 0.1) is 0 Å². The fourth-order valence-corrected chi connectivity index (χ4v) is 3.52. The standard InChI is InChI=1S/C20H20ClN5O3S/c1-26-17(11-18(27)23-15-8-3-4-9-16(15)29-2)24-25-20(26)30-12-19(28)22-14-7-5-6-13(21)10-14/h3-10H,11-12H2,1-2H3,(H,22,28)(H,23,27). The van der Waals surface area contributed by atoms with Crippen LogP contribution in [0.15, 0.2) is 53.7 Å². The number of nitrogens with one attached hydrogen (secondary N) is 2. The number of aromatic nitrogens is 3. The molecule has 1 heterocycles. The highest BCUT2D eigenvalue weighted by Crippen LogP contribution is 2.23. The predicted molar refractivity (Wildman–Crippen MR) is 117 cm³/mol. The van der Waals surface area contributed by atoms with Crippen LogP contribution in [-0.2, 0) is 23.1 Å². The minimum atomic E-state index is -0.245. The Bertz CT molecular complexity index is 1060. The van der Waals surface area contributed by atoms with Gasteiger partial charge in [-0.25, -0.2) is 0 Å². The van der Waals surface area contributed by atoms with Crippen molar-refractivity contribution in [3.8, 4) is 5.75 Å². The summed E-state index contributed by atoms with van der Waals surface area (Å²) in [5, 5.41) is 14.8. The fourth-order valence-electron chi connectivity index (χ4n) is 2.60. The maximum absolute atomic E-state index is 12.4. The van der Waals surface area contributed by atoms with Crippen molar-refractivity contribution in [2.75, 3.05) is 23.5 Å². The molecule has 0 bridgehead atoms. The fraction of sp³-hybridized carbons (Fsp3) is 0.200. The number of ether oxygens (including phenoxy) is 1. The average molecular weight is 446 g/mol. The van der Waals surface area contributed by atoms with Crippen molar-refractivity contribution < 1.29 is 14.3 Å². The highest BCUT2D eigenvalue weighted by Gasteiger charge is 2.15. The Labute approximate surface area is 183 Å². The number of carbonyl (C=O) groups excluding carboxylic acids is 2. The van der Waals surface area contributed by atoms with Crippen LogP contribution in [0.3, 0.4) is 0 Å². The van der Waals surface area contributed by atoms with Crippen LogP contribution in [-0.4, -0.2) is 39.4 Å². The van der Waals surface area contributed by atoms with Gasteiger partial charge in [0.2, 0.25) is 11.8 Å². The molecule has 2 N–H and O–H groups in total. The summed E-state index contributed by atoms with van der Waals surface area (Å²) in [6.07, 6.45) is 0.0385. The lowest BCUT2D eigenvalue weighted by Gasteiger charge is -2.09. The van der Waals surface area contributed by atoms with E-state index in [2.05, 4.69) is 20.8 Å². The Morgan fingerprint density at radius 3 is 2.67 bits per heavy atom. The monoisotopic (exact) mass is 445 g/mol. The van der Waals surface area contributed by atoms with Crippen molar-refractivity contribution in [3.63, 3.8) is 0 Å². The third-order valence-corrected chi connectivity index (χ3v) is 5.32. The summed E-state index contributed by atoms with van der Waals surface area (Å²) < 4.78 is 6.92. The summed E-state index contributed by atoms with van der Waals surface area (Å²) in [5.41, 5.74) is 1.21. The highest BCUT2D eigenvalue weighted by atomic mass is 35.5. The SMILES string of the molecule is COc1ccccc1NC(=O)Cc1nnc(SCC(=O)Nc2cccc(Cl)c2)n1C. The Morgan fingerprint density at radius 1 is 1.10 bits per heavy atom. The van der Waals surface area contributed by atoms with E-state index in [9.17, 15) is 9.59 Å². The maximum Gasteiger partial charge on any atom is 0.234 e. The minimum absolute atomic E-state index is 0.0385. The second kappa shape index (κ2) is 10.1. The first-order chi connectivity index (χ1) is 14.5. The minimum Gasteiger partial charge on any atom is -0.495 e. The number of halogens is 1. The van der Waals surface area contributed by atoms with E-state index in [1.807, 2.05) is 12.1 Å². The average Bonchev–Trinajstić information content (AvgIpc) is 3.06. The summed E-state index contributed by atoms with van der Waals surface area (Å²) in [5.74, 6) is 0.767. The van der Waals surface area contributed by atoms with Gasteiger partial charge in [-0.3, -0.25) is 9.59 Å². The van der Waals surface area contributed by atoms with E-state index in [4.69, 9.17) is 16.3 Å². The number of hydrogen-bond acceptors (Lipinski definition) is 6. The molecule has 30 heavy (non-hydrogen) atoms. The lowest BCUT2D eigenvalue weighted by molar-refractivity contribution is -0.116. The molecule has 0 atom stereocenters. The Kier molecular flexibility index (Phi) is 7.31. The molecule has 2 amide bonds. The quantitative estimate of drug-likeness (QED) is 0.516. The largest absolute Gasteiger partial charge is 0.495 e. The molecule has 0 aliphatic carbocycles. The lowest BCUT2D eigenvalue weighted by atomic mass is 10.2. The van der Waals surface area contributed by atoms with Gasteiger partial charge in [-0.05, 0) is 30.3 Å². The third-order valence-electron chi connectivity index (χ3n) is 4.07. The normalized spacial score (nSPS) is 10.5. The van der Waals surface area contributed by atoms with E-state index in [0.717, 1.165) is 0 Å². The number of amides is 2. The van der Waals surface area contributed by atoms with Gasteiger partial charge in [0.05, 0.1) is 25.0 Å². The van der Waals surface area contributed by atoms with Crippen LogP contribution < -0.4 is 15.4 Å². The van der Waals surface area contributed by atoms with Gasteiger partial charge in [-0.2, -0.15) is 0 Å². The summed E-state index contributed by atoms with van der Waals surface area (Å²) >= 11 is 7.15. The molecule has 2 aromatic carbocycles. The summed E-state index contributed by atoms with van der Waals surface area (Å²) in [7, 11) is 3.29. The van der Waals surface area contributed by atoms with Gasteiger partial charge in [-0.15, -0.1) is 10.2 Å². The molecule has 8 nitrogen and oxygen atoms in total. The maximum atomic E-state index is 12.4. The number of benzene rings is 2. The number of hydrogen-bond donors (Lipinski definition) is 2. The number of anilines is 2. The van der Waals surface area contributed by atoms with Crippen LogP contribution in [0.2, 0.25) is 5.02 Å². The molecule has 0 aliphatic heterocycles. The van der Waals surface area contributed by atoms with Crippen LogP contribution in [0.1, 0.15) is 5.82 Å². The van der Waals surface area contributed by atoms with E-state index < -0.39 is 0 Å². The summed E-state index contributed by atoms with van der Waals surface area (Å²) in [6, 6.07) is 14.1. The Morgan fingerprint density at radius 2 is 1.90 bits per heavy atom. The molecule has 0 unspecified atom stereocenters. The second-order valence-corrected chi connectivity index (χ2v) is 7.61. The highest BCUT2D eigenvalue weighted by molar-refractivity contribution is 7.99. The molecule has 0 saturated heterocycles. The van der Waals surface area contributed by atoms with Crippen LogP contribution in [0.4, 0.5) is 11.4 Å². The van der Waals surface area contributed by atoms with Crippen LogP contribution in [0.25, 0.3) is 0 Å². The first-order valence-corrected chi connectivity index (χ1v) is 10.3. The molecule has 156 valence electrons. The zero-order valence-corrected chi connectivity index (χ0v) is 18.0. The zero-order chi connectivity index (χ0) is 21.5. The third kappa shape index (κ3) is 5.74. The molecule has 0 saturated carbocycles. The number of para-hydroxylation sites is 2. The van der Waals surface area contributed by atoms with Gasteiger partial charge in [0, 0.05) is 17.8 Å². The predicted octanol–water partition coefficient (Wildman–Crippen LogP) is 3.39. The molecule has 3 rings (SSSR count). The second-order valence-electron chi connectivity index (χ2n) is 6.23. The molecule has 0 spiro atoms. The van der Waals surface area contributed by atoms with Gasteiger partial charge in [0.25, 0.3) is 0 Å². The first-order valence-electron chi connectivity index (χ1n) is 8.95. The number of carbonyl (C=O) groups is 2. The van der Waals surface area contributed by atoms with E-state index in [-0.39, 0.29) is 24.0 Å². The molecular weight excluding hydrogens is 426 g/mol. The molecule has 0 aliphatic rings. The Hall–Kier alpha value is -3.04. The van der Waals surface area contributed by atoms with Crippen molar-refractivity contribution >= 4 is 46.6 Å². The van der Waals surface area contributed by atoms with Gasteiger partial charge < -0.3 is 19.9 Å². The lowest BCUT2D eigenvalue weighted by Crippen LogP contribution is -2.17. The number of nitrogens with zero attached hydrogens (tertiary/aromatic N) is 3. The molecule has 0 radical (unpaired) electrons. The van der Waals surface area contributed by atoms with Crippen molar-refractivity contribution in [1.29, 1.82) is 0 Å². The zero-order valence-electron chi connectivity index (χ0n) is 16.4. The van der Waals surface area contributed by atoms with E-state index in [1.54, 1.807) is 55.1 Å². The van der Waals surface area contributed by atoms with Gasteiger partial charge in [0.1, 0.15) is 11.6 Å².